The molecule has 1 aliphatic carbocycles. The van der Waals surface area contributed by atoms with Gasteiger partial charge in [0.15, 0.2) is 0 Å². The molecule has 1 fully saturated rings. The van der Waals surface area contributed by atoms with Crippen LogP contribution in [0.4, 0.5) is 0 Å². The fourth-order valence-corrected chi connectivity index (χ4v) is 5.44. The highest BCUT2D eigenvalue weighted by atomic mass is 32.2. The van der Waals surface area contributed by atoms with Gasteiger partial charge >= 0.3 is 0 Å². The van der Waals surface area contributed by atoms with E-state index in [0.717, 1.165) is 49.0 Å². The van der Waals surface area contributed by atoms with Crippen LogP contribution in [-0.4, -0.2) is 51.5 Å². The van der Waals surface area contributed by atoms with E-state index in [-0.39, 0.29) is 17.6 Å². The van der Waals surface area contributed by atoms with Crippen LogP contribution in [0.25, 0.3) is 11.1 Å². The molecule has 2 heterocycles. The smallest absolute Gasteiger partial charge is 0.236 e. The second-order valence-electron chi connectivity index (χ2n) is 8.34. The third-order valence-electron chi connectivity index (χ3n) is 6.12. The van der Waals surface area contributed by atoms with Crippen molar-refractivity contribution >= 4 is 16.9 Å². The van der Waals surface area contributed by atoms with Crippen LogP contribution in [0.15, 0.2) is 30.5 Å². The summed E-state index contributed by atoms with van der Waals surface area (Å²) in [4.78, 5) is 19.3. The van der Waals surface area contributed by atoms with E-state index < -0.39 is 11.0 Å². The Morgan fingerprint density at radius 2 is 2.10 bits per heavy atom. The molecule has 30 heavy (non-hydrogen) atoms. The van der Waals surface area contributed by atoms with Crippen molar-refractivity contribution in [2.45, 2.75) is 50.8 Å². The van der Waals surface area contributed by atoms with E-state index in [0.29, 0.717) is 11.9 Å². The topological polar surface area (TPSA) is 71.5 Å². The summed E-state index contributed by atoms with van der Waals surface area (Å²) in [5.74, 6) is 0.364. The summed E-state index contributed by atoms with van der Waals surface area (Å²) >= 11 is 0. The first kappa shape index (κ1) is 21.0. The number of hydrogen-bond acceptors (Lipinski definition) is 5. The lowest BCUT2D eigenvalue weighted by atomic mass is 9.91. The Kier molecular flexibility index (Phi) is 6.20. The lowest BCUT2D eigenvalue weighted by Crippen LogP contribution is -2.58. The predicted molar refractivity (Wildman–Crippen MR) is 119 cm³/mol. The third kappa shape index (κ3) is 4.27. The summed E-state index contributed by atoms with van der Waals surface area (Å²) in [6.07, 6.45) is 5.07. The van der Waals surface area contributed by atoms with Crippen molar-refractivity contribution in [1.29, 1.82) is 0 Å². The Hall–Kier alpha value is -2.25. The fourth-order valence-electron chi connectivity index (χ4n) is 4.32. The second kappa shape index (κ2) is 8.86. The summed E-state index contributed by atoms with van der Waals surface area (Å²) in [5.41, 5.74) is 5.61. The van der Waals surface area contributed by atoms with E-state index in [9.17, 15) is 9.00 Å². The van der Waals surface area contributed by atoms with Gasteiger partial charge in [-0.1, -0.05) is 12.1 Å². The quantitative estimate of drug-likeness (QED) is 0.736. The van der Waals surface area contributed by atoms with Crippen molar-refractivity contribution in [3.8, 4) is 17.0 Å². The standard InChI is InChI=1S/C23H29N3O3S/c1-15(2)26-13-18(14-26)30(28)25-22(27)12-21-19-6-4-5-16(19)7-8-20(21)17-9-10-24-23(11-17)29-3/h7-11,15,18H,4-6,12-14H2,1-3H3,(H,25,27). The molecule has 1 atom stereocenters. The van der Waals surface area contributed by atoms with Gasteiger partial charge in [-0.05, 0) is 67.0 Å². The molecule has 1 saturated heterocycles. The average Bonchev–Trinajstić information content (AvgIpc) is 3.16. The molecule has 2 aromatic rings. The zero-order valence-corrected chi connectivity index (χ0v) is 18.6. The normalized spacial score (nSPS) is 17.5. The first-order chi connectivity index (χ1) is 14.5. The number of likely N-dealkylation sites (tertiary alicyclic amines) is 1. The molecule has 160 valence electrons. The number of amides is 1. The van der Waals surface area contributed by atoms with Crippen molar-refractivity contribution in [3.63, 3.8) is 0 Å². The van der Waals surface area contributed by atoms with Crippen molar-refractivity contribution in [1.82, 2.24) is 14.6 Å². The van der Waals surface area contributed by atoms with Crippen molar-refractivity contribution in [2.24, 2.45) is 0 Å². The van der Waals surface area contributed by atoms with Crippen LogP contribution in [-0.2, 0) is 35.0 Å². The highest BCUT2D eigenvalue weighted by Gasteiger charge is 2.34. The van der Waals surface area contributed by atoms with E-state index in [2.05, 4.69) is 40.6 Å². The molecule has 0 saturated carbocycles. The number of aryl methyl sites for hydroxylation is 1. The highest BCUT2D eigenvalue weighted by Crippen LogP contribution is 2.34. The van der Waals surface area contributed by atoms with Gasteiger partial charge in [0.1, 0.15) is 11.0 Å². The van der Waals surface area contributed by atoms with Gasteiger partial charge in [-0.25, -0.2) is 9.19 Å². The van der Waals surface area contributed by atoms with Gasteiger partial charge in [-0.3, -0.25) is 14.4 Å². The van der Waals surface area contributed by atoms with E-state index in [4.69, 9.17) is 4.74 Å². The maximum atomic E-state index is 12.8. The van der Waals surface area contributed by atoms with E-state index in [1.807, 2.05) is 12.1 Å². The maximum absolute atomic E-state index is 12.8. The van der Waals surface area contributed by atoms with Gasteiger partial charge < -0.3 is 4.74 Å². The van der Waals surface area contributed by atoms with Crippen molar-refractivity contribution in [2.75, 3.05) is 20.2 Å². The number of fused-ring (bicyclic) bond motifs is 1. The molecule has 0 bridgehead atoms. The van der Waals surface area contributed by atoms with Gasteiger partial charge in [-0.2, -0.15) is 0 Å². The first-order valence-electron chi connectivity index (χ1n) is 10.5. The third-order valence-corrected chi connectivity index (χ3v) is 7.45. The number of aromatic nitrogens is 1. The number of pyridine rings is 1. The predicted octanol–water partition coefficient (Wildman–Crippen LogP) is 2.66. The molecule has 2 aliphatic rings. The summed E-state index contributed by atoms with van der Waals surface area (Å²) in [5, 5.41) is 0.0155. The molecule has 6 nitrogen and oxygen atoms in total. The first-order valence-corrected chi connectivity index (χ1v) is 11.8. The molecule has 4 rings (SSSR count). The molecule has 1 aromatic carbocycles. The minimum atomic E-state index is -1.34. The van der Waals surface area contributed by atoms with Gasteiger partial charge in [0.2, 0.25) is 11.8 Å². The van der Waals surface area contributed by atoms with Crippen molar-refractivity contribution in [3.05, 3.63) is 47.2 Å². The number of hydrogen-bond donors (Lipinski definition) is 1. The maximum Gasteiger partial charge on any atom is 0.236 e. The van der Waals surface area contributed by atoms with E-state index in [1.165, 1.54) is 11.1 Å². The van der Waals surface area contributed by atoms with Crippen LogP contribution in [0.1, 0.15) is 37.0 Å². The monoisotopic (exact) mass is 427 g/mol. The molecule has 1 amide bonds. The Morgan fingerprint density at radius 3 is 2.83 bits per heavy atom. The number of rotatable bonds is 7. The lowest BCUT2D eigenvalue weighted by Gasteiger charge is -2.40. The number of carbonyl (C=O) groups excluding carboxylic acids is 1. The summed E-state index contributed by atoms with van der Waals surface area (Å²) in [7, 11) is 0.252. The Balaban J connectivity index is 1.54. The highest BCUT2D eigenvalue weighted by molar-refractivity contribution is 7.84. The Bertz CT molecular complexity index is 970. The molecular formula is C23H29N3O3S. The Morgan fingerprint density at radius 1 is 1.30 bits per heavy atom. The number of methoxy groups -OCH3 is 1. The number of carbonyl (C=O) groups is 1. The van der Waals surface area contributed by atoms with Gasteiger partial charge in [-0.15, -0.1) is 0 Å². The summed E-state index contributed by atoms with van der Waals surface area (Å²) in [6, 6.07) is 8.53. The van der Waals surface area contributed by atoms with Crippen LogP contribution < -0.4 is 9.46 Å². The molecule has 0 spiro atoms. The van der Waals surface area contributed by atoms with Gasteiger partial charge in [0.25, 0.3) is 0 Å². The average molecular weight is 428 g/mol. The minimum absolute atomic E-state index is 0.0155. The number of nitrogens with zero attached hydrogens (tertiary/aromatic N) is 2. The molecule has 1 unspecified atom stereocenters. The Labute approximate surface area is 180 Å². The van der Waals surface area contributed by atoms with Crippen LogP contribution >= 0.6 is 0 Å². The number of nitrogens with one attached hydrogen (secondary N) is 1. The molecule has 0 radical (unpaired) electrons. The van der Waals surface area contributed by atoms with Crippen LogP contribution in [0.5, 0.6) is 5.88 Å². The van der Waals surface area contributed by atoms with Crippen LogP contribution in [0, 0.1) is 0 Å². The summed E-state index contributed by atoms with van der Waals surface area (Å²) < 4.78 is 20.6. The largest absolute Gasteiger partial charge is 0.481 e. The van der Waals surface area contributed by atoms with E-state index in [1.54, 1.807) is 13.3 Å². The van der Waals surface area contributed by atoms with Gasteiger partial charge in [0, 0.05) is 31.4 Å². The molecule has 1 aromatic heterocycles. The zero-order chi connectivity index (χ0) is 21.3. The van der Waals surface area contributed by atoms with Gasteiger partial charge in [0.05, 0.1) is 18.8 Å². The number of benzene rings is 1. The van der Waals surface area contributed by atoms with Crippen LogP contribution in [0.2, 0.25) is 0 Å². The molecule has 7 heteroatoms. The van der Waals surface area contributed by atoms with Crippen molar-refractivity contribution < 1.29 is 13.7 Å². The second-order valence-corrected chi connectivity index (χ2v) is 9.80. The zero-order valence-electron chi connectivity index (χ0n) is 17.8. The minimum Gasteiger partial charge on any atom is -0.481 e. The lowest BCUT2D eigenvalue weighted by molar-refractivity contribution is -0.118. The SMILES string of the molecule is COc1cc(-c2ccc3c(c2CC(=O)NS(=O)C2CN(C(C)C)C2)CCC3)ccn1. The van der Waals surface area contributed by atoms with E-state index >= 15 is 0 Å². The number of ether oxygens (including phenoxy) is 1. The molecular weight excluding hydrogens is 398 g/mol. The molecule has 1 aliphatic heterocycles. The van der Waals surface area contributed by atoms with Crippen LogP contribution in [0.3, 0.4) is 0 Å². The summed E-state index contributed by atoms with van der Waals surface area (Å²) in [6.45, 7) is 5.80. The molecule has 1 N–H and O–H groups in total. The fraction of sp³-hybridized carbons (Fsp3) is 0.478.